The molecule has 0 aromatic heterocycles. The van der Waals surface area contributed by atoms with E-state index in [1.165, 1.54) is 11.8 Å². The summed E-state index contributed by atoms with van der Waals surface area (Å²) in [6, 6.07) is 17.4. The lowest BCUT2D eigenvalue weighted by Crippen LogP contribution is -2.30. The van der Waals surface area contributed by atoms with Crippen LogP contribution in [0.15, 0.2) is 59.1 Å². The molecule has 0 spiro atoms. The number of nitrogens with one attached hydrogen (secondary N) is 1. The summed E-state index contributed by atoms with van der Waals surface area (Å²) in [5.74, 6) is 1.01. The van der Waals surface area contributed by atoms with Crippen molar-refractivity contribution in [1.82, 2.24) is 5.32 Å². The van der Waals surface area contributed by atoms with Crippen molar-refractivity contribution < 1.29 is 9.53 Å². The van der Waals surface area contributed by atoms with Crippen LogP contribution in [0.4, 0.5) is 0 Å². The van der Waals surface area contributed by atoms with Crippen molar-refractivity contribution in [2.75, 3.05) is 6.61 Å². The molecule has 0 radical (unpaired) electrons. The molecule has 2 aromatic carbocycles. The Bertz CT molecular complexity index is 903. The summed E-state index contributed by atoms with van der Waals surface area (Å²) in [5, 5.41) is 13.9. The van der Waals surface area contributed by atoms with Gasteiger partial charge < -0.3 is 10.1 Å². The zero-order valence-electron chi connectivity index (χ0n) is 14.9. The molecule has 1 heterocycles. The van der Waals surface area contributed by atoms with E-state index in [0.717, 1.165) is 16.9 Å². The molecule has 2 aromatic rings. The summed E-state index contributed by atoms with van der Waals surface area (Å²) >= 11 is 7.64. The number of halogens is 1. The second-order valence-electron chi connectivity index (χ2n) is 6.04. The molecular formula is C21H19ClN2O2S. The lowest BCUT2D eigenvalue weighted by molar-refractivity contribution is -0.120. The maximum absolute atomic E-state index is 12.2. The number of allylic oxidation sites excluding steroid dienone is 1. The molecule has 0 unspecified atom stereocenters. The molecule has 0 aliphatic carbocycles. The highest BCUT2D eigenvalue weighted by atomic mass is 35.5. The zero-order valence-corrected chi connectivity index (χ0v) is 16.4. The molecule has 0 fully saturated rings. The Morgan fingerprint density at radius 1 is 1.26 bits per heavy atom. The van der Waals surface area contributed by atoms with E-state index in [1.54, 1.807) is 0 Å². The van der Waals surface area contributed by atoms with Crippen LogP contribution in [0.2, 0.25) is 5.02 Å². The Balaban J connectivity index is 1.85. The molecule has 6 heteroatoms. The van der Waals surface area contributed by atoms with Crippen LogP contribution >= 0.6 is 23.4 Å². The van der Waals surface area contributed by atoms with Gasteiger partial charge >= 0.3 is 0 Å². The maximum Gasteiger partial charge on any atom is 0.225 e. The first-order valence-electron chi connectivity index (χ1n) is 8.65. The van der Waals surface area contributed by atoms with Crippen LogP contribution in [0, 0.1) is 11.3 Å². The van der Waals surface area contributed by atoms with Crippen molar-refractivity contribution in [3.8, 4) is 11.8 Å². The van der Waals surface area contributed by atoms with Crippen LogP contribution in [-0.2, 0) is 10.5 Å². The molecule has 1 amide bonds. The number of ether oxygens (including phenoxy) is 1. The second-order valence-corrected chi connectivity index (χ2v) is 7.43. The average Bonchev–Trinajstić information content (AvgIpc) is 2.68. The first-order valence-corrected chi connectivity index (χ1v) is 10.0. The standard InChI is InChI=1S/C21H19ClN2O2S/c1-2-26-16-9-7-14(8-10-16)17-11-20(25)24-21(18(17)12-23)27-13-15-5-3-4-6-19(15)22/h3-10,17H,2,11,13H2,1H3,(H,24,25)/t17-/m0/s1. The largest absolute Gasteiger partial charge is 0.494 e. The van der Waals surface area contributed by atoms with E-state index >= 15 is 0 Å². The minimum Gasteiger partial charge on any atom is -0.494 e. The third kappa shape index (κ3) is 4.65. The summed E-state index contributed by atoms with van der Waals surface area (Å²) in [5.41, 5.74) is 2.47. The zero-order chi connectivity index (χ0) is 19.2. The summed E-state index contributed by atoms with van der Waals surface area (Å²) in [6.45, 7) is 2.52. The quantitative estimate of drug-likeness (QED) is 0.742. The van der Waals surface area contributed by atoms with Gasteiger partial charge in [0.25, 0.3) is 0 Å². The average molecular weight is 399 g/mol. The number of carbonyl (C=O) groups is 1. The first-order chi connectivity index (χ1) is 13.1. The number of nitriles is 1. The van der Waals surface area contributed by atoms with Crippen molar-refractivity contribution in [3.05, 3.63) is 75.3 Å². The molecule has 0 saturated heterocycles. The molecule has 1 aliphatic heterocycles. The fraction of sp³-hybridized carbons (Fsp3) is 0.238. The van der Waals surface area contributed by atoms with E-state index in [0.29, 0.717) is 28.0 Å². The molecule has 0 saturated carbocycles. The molecule has 0 bridgehead atoms. The number of hydrogen-bond acceptors (Lipinski definition) is 4. The minimum atomic E-state index is -0.256. The highest BCUT2D eigenvalue weighted by Crippen LogP contribution is 2.37. The molecule has 1 N–H and O–H groups in total. The lowest BCUT2D eigenvalue weighted by Gasteiger charge is -2.25. The van der Waals surface area contributed by atoms with Crippen LogP contribution in [0.25, 0.3) is 0 Å². The number of benzene rings is 2. The summed E-state index contributed by atoms with van der Waals surface area (Å²) in [7, 11) is 0. The van der Waals surface area contributed by atoms with Crippen LogP contribution < -0.4 is 10.1 Å². The number of nitrogens with zero attached hydrogens (tertiary/aromatic N) is 1. The lowest BCUT2D eigenvalue weighted by atomic mass is 9.87. The summed E-state index contributed by atoms with van der Waals surface area (Å²) < 4.78 is 5.47. The van der Waals surface area contributed by atoms with Crippen molar-refractivity contribution in [3.63, 3.8) is 0 Å². The van der Waals surface area contributed by atoms with Gasteiger partial charge in [0.1, 0.15) is 5.75 Å². The summed E-state index contributed by atoms with van der Waals surface area (Å²) in [6.07, 6.45) is 0.257. The Labute approximate surface area is 168 Å². The highest BCUT2D eigenvalue weighted by molar-refractivity contribution is 8.02. The normalized spacial score (nSPS) is 16.6. The van der Waals surface area contributed by atoms with Gasteiger partial charge in [0.2, 0.25) is 5.91 Å². The van der Waals surface area contributed by atoms with E-state index in [2.05, 4.69) is 11.4 Å². The predicted octanol–water partition coefficient (Wildman–Crippen LogP) is 5.01. The van der Waals surface area contributed by atoms with Gasteiger partial charge in [-0.25, -0.2) is 0 Å². The maximum atomic E-state index is 12.2. The number of rotatable bonds is 6. The van der Waals surface area contributed by atoms with Gasteiger partial charge in [0.15, 0.2) is 0 Å². The van der Waals surface area contributed by atoms with Gasteiger partial charge in [0.05, 0.1) is 23.3 Å². The number of carbonyl (C=O) groups excluding carboxylic acids is 1. The third-order valence-electron chi connectivity index (χ3n) is 4.28. The van der Waals surface area contributed by atoms with Crippen LogP contribution in [0.1, 0.15) is 30.4 Å². The minimum absolute atomic E-state index is 0.0884. The van der Waals surface area contributed by atoms with Crippen LogP contribution in [0.3, 0.4) is 0 Å². The monoisotopic (exact) mass is 398 g/mol. The van der Waals surface area contributed by atoms with Crippen molar-refractivity contribution in [2.45, 2.75) is 25.0 Å². The Morgan fingerprint density at radius 3 is 2.67 bits per heavy atom. The molecule has 138 valence electrons. The van der Waals surface area contributed by atoms with Gasteiger partial charge in [-0.1, -0.05) is 41.9 Å². The molecule has 1 aliphatic rings. The van der Waals surface area contributed by atoms with Crippen LogP contribution in [0.5, 0.6) is 5.75 Å². The number of amides is 1. The first kappa shape index (κ1) is 19.3. The number of hydrogen-bond donors (Lipinski definition) is 1. The molecule has 3 rings (SSSR count). The topological polar surface area (TPSA) is 62.1 Å². The number of thioether (sulfide) groups is 1. The van der Waals surface area contributed by atoms with Crippen LogP contribution in [-0.4, -0.2) is 12.5 Å². The van der Waals surface area contributed by atoms with Gasteiger partial charge in [-0.2, -0.15) is 5.26 Å². The Kier molecular flexibility index (Phi) is 6.44. The van der Waals surface area contributed by atoms with Gasteiger partial charge in [-0.15, -0.1) is 11.8 Å². The fourth-order valence-corrected chi connectivity index (χ4v) is 4.31. The summed E-state index contributed by atoms with van der Waals surface area (Å²) in [4.78, 5) is 12.2. The van der Waals surface area contributed by atoms with E-state index in [-0.39, 0.29) is 18.2 Å². The molecule has 4 nitrogen and oxygen atoms in total. The van der Waals surface area contributed by atoms with E-state index in [9.17, 15) is 10.1 Å². The third-order valence-corrected chi connectivity index (χ3v) is 5.71. The fourth-order valence-electron chi connectivity index (χ4n) is 2.95. The van der Waals surface area contributed by atoms with Gasteiger partial charge in [0, 0.05) is 23.1 Å². The highest BCUT2D eigenvalue weighted by Gasteiger charge is 2.29. The molecule has 27 heavy (non-hydrogen) atoms. The van der Waals surface area contributed by atoms with Crippen molar-refractivity contribution >= 4 is 29.3 Å². The molecule has 1 atom stereocenters. The van der Waals surface area contributed by atoms with Crippen molar-refractivity contribution in [2.24, 2.45) is 0 Å². The van der Waals surface area contributed by atoms with E-state index in [1.807, 2.05) is 55.5 Å². The predicted molar refractivity (Wildman–Crippen MR) is 108 cm³/mol. The van der Waals surface area contributed by atoms with Crippen molar-refractivity contribution in [1.29, 1.82) is 5.26 Å². The Hall–Kier alpha value is -2.42. The Morgan fingerprint density at radius 2 is 2.00 bits per heavy atom. The van der Waals surface area contributed by atoms with E-state index in [4.69, 9.17) is 16.3 Å². The smallest absolute Gasteiger partial charge is 0.225 e. The van der Waals surface area contributed by atoms with E-state index < -0.39 is 0 Å². The molecular weight excluding hydrogens is 380 g/mol. The second kappa shape index (κ2) is 8.98. The SMILES string of the molecule is CCOc1ccc([C@@H]2CC(=O)NC(SCc3ccccc3Cl)=C2C#N)cc1. The van der Waals surface area contributed by atoms with Gasteiger partial charge in [-0.3, -0.25) is 4.79 Å². The van der Waals surface area contributed by atoms with Gasteiger partial charge in [-0.05, 0) is 36.2 Å².